The van der Waals surface area contributed by atoms with Crippen LogP contribution in [0.25, 0.3) is 17.0 Å². The summed E-state index contributed by atoms with van der Waals surface area (Å²) in [5.41, 5.74) is 2.25. The van der Waals surface area contributed by atoms with Gasteiger partial charge in [-0.1, -0.05) is 25.1 Å². The van der Waals surface area contributed by atoms with Crippen LogP contribution in [0.4, 0.5) is 9.18 Å². The van der Waals surface area contributed by atoms with E-state index in [1.807, 2.05) is 6.92 Å². The molecular weight excluding hydrogens is 467 g/mol. The summed E-state index contributed by atoms with van der Waals surface area (Å²) < 4.78 is 30.0. The van der Waals surface area contributed by atoms with Crippen molar-refractivity contribution >= 4 is 11.6 Å². The number of nitrogens with zero attached hydrogens (tertiary/aromatic N) is 3. The summed E-state index contributed by atoms with van der Waals surface area (Å²) in [6.45, 7) is 6.50. The molecule has 0 spiro atoms. The first-order valence-electron chi connectivity index (χ1n) is 11.6. The van der Waals surface area contributed by atoms with Gasteiger partial charge in [0.2, 0.25) is 5.82 Å². The minimum absolute atomic E-state index is 0.0663. The van der Waals surface area contributed by atoms with E-state index in [0.29, 0.717) is 40.6 Å². The molecular formula is C26H29FN4O5. The maximum absolute atomic E-state index is 14.3. The molecule has 36 heavy (non-hydrogen) atoms. The standard InChI is InChI=1S/C26H29FN4O5/c1-14(2)10-11-31-15(3)22(23(28-26(31)33)16-6-9-21(35-5)19(32)13-16)25-29-24(30-36-25)17-7-8-20(34-4)18(27)12-17/h6-9,12-14,23,32H,10-11H2,1-5H3,(H,28,33). The van der Waals surface area contributed by atoms with Crippen molar-refractivity contribution in [2.45, 2.75) is 33.2 Å². The van der Waals surface area contributed by atoms with Gasteiger partial charge in [0, 0.05) is 17.8 Å². The summed E-state index contributed by atoms with van der Waals surface area (Å²) in [5.74, 6) is 0.559. The number of carbonyl (C=O) groups excluding carboxylic acids is 1. The minimum atomic E-state index is -0.675. The first kappa shape index (κ1) is 25.0. The summed E-state index contributed by atoms with van der Waals surface area (Å²) in [6, 6.07) is 8.34. The lowest BCUT2D eigenvalue weighted by atomic mass is 9.94. The van der Waals surface area contributed by atoms with E-state index in [1.54, 1.807) is 23.1 Å². The third-order valence-corrected chi connectivity index (χ3v) is 6.13. The highest BCUT2D eigenvalue weighted by molar-refractivity contribution is 5.87. The zero-order chi connectivity index (χ0) is 26.0. The predicted molar refractivity (Wildman–Crippen MR) is 131 cm³/mol. The number of nitrogens with one attached hydrogen (secondary N) is 1. The van der Waals surface area contributed by atoms with E-state index < -0.39 is 11.9 Å². The third kappa shape index (κ3) is 4.84. The van der Waals surface area contributed by atoms with Gasteiger partial charge in [0.1, 0.15) is 0 Å². The largest absolute Gasteiger partial charge is 0.504 e. The van der Waals surface area contributed by atoms with Crippen LogP contribution in [-0.2, 0) is 0 Å². The Hall–Kier alpha value is -4.08. The molecule has 1 aliphatic rings. The average Bonchev–Trinajstić information content (AvgIpc) is 3.33. The Morgan fingerprint density at radius 3 is 2.53 bits per heavy atom. The van der Waals surface area contributed by atoms with E-state index in [2.05, 4.69) is 29.3 Å². The molecule has 0 saturated carbocycles. The number of aromatic hydroxyl groups is 1. The van der Waals surface area contributed by atoms with Gasteiger partial charge < -0.3 is 24.4 Å². The van der Waals surface area contributed by atoms with E-state index >= 15 is 0 Å². The monoisotopic (exact) mass is 496 g/mol. The first-order chi connectivity index (χ1) is 17.2. The molecule has 3 aromatic rings. The molecule has 190 valence electrons. The Morgan fingerprint density at radius 2 is 1.89 bits per heavy atom. The fourth-order valence-electron chi connectivity index (χ4n) is 4.11. The molecule has 1 unspecified atom stereocenters. The third-order valence-electron chi connectivity index (χ3n) is 6.13. The Labute approximate surface area is 208 Å². The lowest BCUT2D eigenvalue weighted by molar-refractivity contribution is 0.202. The Kier molecular flexibility index (Phi) is 7.14. The zero-order valence-corrected chi connectivity index (χ0v) is 20.8. The molecule has 1 aromatic heterocycles. The van der Waals surface area contributed by atoms with Crippen LogP contribution in [0.1, 0.15) is 44.7 Å². The second-order valence-corrected chi connectivity index (χ2v) is 8.92. The second kappa shape index (κ2) is 10.3. The van der Waals surface area contributed by atoms with Crippen molar-refractivity contribution in [3.8, 4) is 28.6 Å². The van der Waals surface area contributed by atoms with Crippen LogP contribution in [0.5, 0.6) is 17.2 Å². The number of phenols is 1. The molecule has 0 fully saturated rings. The lowest BCUT2D eigenvalue weighted by Gasteiger charge is -2.35. The maximum atomic E-state index is 14.3. The topological polar surface area (TPSA) is 110 Å². The number of ether oxygens (including phenoxy) is 2. The number of phenolic OH excluding ortho intramolecular Hbond substituents is 1. The molecule has 9 nitrogen and oxygen atoms in total. The van der Waals surface area contributed by atoms with Gasteiger partial charge in [-0.3, -0.25) is 4.90 Å². The highest BCUT2D eigenvalue weighted by Crippen LogP contribution is 2.40. The fraction of sp³-hybridized carbons (Fsp3) is 0.346. The number of amides is 2. The van der Waals surface area contributed by atoms with E-state index in [9.17, 15) is 14.3 Å². The number of aromatic nitrogens is 2. The van der Waals surface area contributed by atoms with Gasteiger partial charge in [-0.25, -0.2) is 9.18 Å². The molecule has 2 amide bonds. The number of carbonyl (C=O) groups is 1. The van der Waals surface area contributed by atoms with Crippen molar-refractivity contribution in [2.75, 3.05) is 20.8 Å². The van der Waals surface area contributed by atoms with E-state index in [1.165, 1.54) is 32.4 Å². The van der Waals surface area contributed by atoms with Crippen molar-refractivity contribution in [3.05, 3.63) is 59.4 Å². The number of halogens is 1. The van der Waals surface area contributed by atoms with Gasteiger partial charge in [-0.15, -0.1) is 0 Å². The lowest BCUT2D eigenvalue weighted by Crippen LogP contribution is -2.46. The van der Waals surface area contributed by atoms with Crippen LogP contribution in [0.2, 0.25) is 0 Å². The zero-order valence-electron chi connectivity index (χ0n) is 20.8. The first-order valence-corrected chi connectivity index (χ1v) is 11.6. The molecule has 0 saturated heterocycles. The molecule has 0 radical (unpaired) electrons. The van der Waals surface area contributed by atoms with E-state index in [-0.39, 0.29) is 29.2 Å². The average molecular weight is 497 g/mol. The van der Waals surface area contributed by atoms with Crippen LogP contribution in [-0.4, -0.2) is 46.9 Å². The van der Waals surface area contributed by atoms with Gasteiger partial charge in [0.05, 0.1) is 25.8 Å². The van der Waals surface area contributed by atoms with Crippen LogP contribution >= 0.6 is 0 Å². The molecule has 1 atom stereocenters. The highest BCUT2D eigenvalue weighted by atomic mass is 19.1. The number of methoxy groups -OCH3 is 2. The van der Waals surface area contributed by atoms with Gasteiger partial charge in [0.15, 0.2) is 23.1 Å². The van der Waals surface area contributed by atoms with Crippen molar-refractivity contribution < 1.29 is 28.3 Å². The predicted octanol–water partition coefficient (Wildman–Crippen LogP) is 5.14. The second-order valence-electron chi connectivity index (χ2n) is 8.92. The van der Waals surface area contributed by atoms with Crippen LogP contribution < -0.4 is 14.8 Å². The van der Waals surface area contributed by atoms with Gasteiger partial charge in [-0.05, 0) is 55.2 Å². The van der Waals surface area contributed by atoms with Crippen molar-refractivity contribution in [3.63, 3.8) is 0 Å². The molecule has 2 heterocycles. The van der Waals surface area contributed by atoms with Gasteiger partial charge in [-0.2, -0.15) is 4.98 Å². The van der Waals surface area contributed by atoms with E-state index in [0.717, 1.165) is 6.42 Å². The molecule has 0 aliphatic carbocycles. The molecule has 2 N–H and O–H groups in total. The summed E-state index contributed by atoms with van der Waals surface area (Å²) in [7, 11) is 2.85. The van der Waals surface area contributed by atoms with Crippen molar-refractivity contribution in [2.24, 2.45) is 5.92 Å². The number of allylic oxidation sites excluding steroid dienone is 1. The number of rotatable bonds is 8. The number of hydrogen-bond donors (Lipinski definition) is 2. The summed E-state index contributed by atoms with van der Waals surface area (Å²) in [4.78, 5) is 19.3. The summed E-state index contributed by atoms with van der Waals surface area (Å²) in [6.07, 6.45) is 0.798. The summed E-state index contributed by atoms with van der Waals surface area (Å²) in [5, 5.41) is 17.4. The molecule has 0 bridgehead atoms. The van der Waals surface area contributed by atoms with Gasteiger partial charge in [0.25, 0.3) is 5.89 Å². The number of benzene rings is 2. The molecule has 2 aromatic carbocycles. The smallest absolute Gasteiger partial charge is 0.322 e. The fourth-order valence-corrected chi connectivity index (χ4v) is 4.11. The van der Waals surface area contributed by atoms with Gasteiger partial charge >= 0.3 is 6.03 Å². The van der Waals surface area contributed by atoms with Crippen LogP contribution in [0.15, 0.2) is 46.6 Å². The molecule has 4 rings (SSSR count). The minimum Gasteiger partial charge on any atom is -0.504 e. The Balaban J connectivity index is 1.79. The molecule has 10 heteroatoms. The van der Waals surface area contributed by atoms with Crippen molar-refractivity contribution in [1.82, 2.24) is 20.4 Å². The maximum Gasteiger partial charge on any atom is 0.322 e. The number of hydrogen-bond acceptors (Lipinski definition) is 7. The quantitative estimate of drug-likeness (QED) is 0.444. The van der Waals surface area contributed by atoms with Crippen LogP contribution in [0.3, 0.4) is 0 Å². The summed E-state index contributed by atoms with van der Waals surface area (Å²) >= 11 is 0. The number of urea groups is 1. The molecule has 1 aliphatic heterocycles. The Bertz CT molecular complexity index is 1300. The highest BCUT2D eigenvalue weighted by Gasteiger charge is 2.36. The SMILES string of the molecule is COc1ccc(C2NC(=O)N(CCC(C)C)C(C)=C2c2nc(-c3ccc(OC)c(F)c3)no2)cc1O. The van der Waals surface area contributed by atoms with E-state index in [4.69, 9.17) is 14.0 Å². The van der Waals surface area contributed by atoms with Crippen LogP contribution in [0, 0.1) is 11.7 Å². The van der Waals surface area contributed by atoms with Crippen molar-refractivity contribution in [1.29, 1.82) is 0 Å². The normalized spacial score (nSPS) is 15.9. The Morgan fingerprint density at radius 1 is 1.17 bits per heavy atom.